The average Bonchev–Trinajstić information content (AvgIpc) is 2.69. The summed E-state index contributed by atoms with van der Waals surface area (Å²) in [6, 6.07) is 0. The molecule has 0 amide bonds. The first-order chi connectivity index (χ1) is 5.94. The Morgan fingerprint density at radius 2 is 1.23 bits per heavy atom. The van der Waals surface area contributed by atoms with Crippen LogP contribution in [0.1, 0.15) is 41.5 Å². The third kappa shape index (κ3) is 1.71. The maximum Gasteiger partial charge on any atom is 0.0982 e. The van der Waals surface area contributed by atoms with Crippen molar-refractivity contribution in [2.75, 3.05) is 6.61 Å². The Hall–Kier alpha value is 0.177. The molecule has 78 valence electrons. The van der Waals surface area contributed by atoms with Gasteiger partial charge in [-0.05, 0) is 16.6 Å². The highest BCUT2D eigenvalue weighted by Crippen LogP contribution is 2.48. The first-order valence-corrected chi connectivity index (χ1v) is 7.86. The van der Waals surface area contributed by atoms with Gasteiger partial charge in [0.25, 0.3) is 0 Å². The lowest BCUT2D eigenvalue weighted by molar-refractivity contribution is 0.441. The Morgan fingerprint density at radius 3 is 1.31 bits per heavy atom. The second-order valence-electron chi connectivity index (χ2n) is 5.29. The zero-order valence-electron chi connectivity index (χ0n) is 9.92. The minimum Gasteiger partial charge on any atom is -0.377 e. The summed E-state index contributed by atoms with van der Waals surface area (Å²) in [4.78, 5) is 0. The number of epoxide rings is 1. The van der Waals surface area contributed by atoms with E-state index >= 15 is 0 Å². The van der Waals surface area contributed by atoms with Gasteiger partial charge in [-0.3, -0.25) is 0 Å². The minimum absolute atomic E-state index is 0.660. The van der Waals surface area contributed by atoms with Gasteiger partial charge in [0.1, 0.15) is 0 Å². The van der Waals surface area contributed by atoms with Crippen LogP contribution in [0.5, 0.6) is 0 Å². The van der Waals surface area contributed by atoms with E-state index in [1.165, 1.54) is 0 Å². The molecule has 13 heavy (non-hydrogen) atoms. The molecular weight excluding hydrogens is 176 g/mol. The van der Waals surface area contributed by atoms with E-state index in [4.69, 9.17) is 4.74 Å². The minimum atomic E-state index is -1.22. The SMILES string of the molecule is CC(C)[Si](C(C)C)(C(C)C)C1CO1. The van der Waals surface area contributed by atoms with Crippen LogP contribution in [-0.4, -0.2) is 20.4 Å². The fourth-order valence-electron chi connectivity index (χ4n) is 3.45. The van der Waals surface area contributed by atoms with E-state index in [2.05, 4.69) is 41.5 Å². The fraction of sp³-hybridized carbons (Fsp3) is 1.00. The first kappa shape index (κ1) is 11.3. The third-order valence-corrected chi connectivity index (χ3v) is 11.3. The first-order valence-electron chi connectivity index (χ1n) is 5.55. The zero-order valence-corrected chi connectivity index (χ0v) is 10.9. The van der Waals surface area contributed by atoms with Crippen LogP contribution in [0.4, 0.5) is 0 Å². The molecule has 1 rings (SSSR count). The van der Waals surface area contributed by atoms with Crippen molar-refractivity contribution in [1.29, 1.82) is 0 Å². The monoisotopic (exact) mass is 200 g/mol. The Labute approximate surface area is 83.9 Å². The maximum absolute atomic E-state index is 5.62. The van der Waals surface area contributed by atoms with Gasteiger partial charge in [-0.15, -0.1) is 0 Å². The lowest BCUT2D eigenvalue weighted by atomic mass is 10.5. The molecule has 0 radical (unpaired) electrons. The molecule has 2 heteroatoms. The number of hydrogen-bond acceptors (Lipinski definition) is 1. The van der Waals surface area contributed by atoms with E-state index in [0.29, 0.717) is 5.73 Å². The number of ether oxygens (including phenoxy) is 1. The highest BCUT2D eigenvalue weighted by molar-refractivity contribution is 6.85. The van der Waals surface area contributed by atoms with E-state index in [1.807, 2.05) is 0 Å². The van der Waals surface area contributed by atoms with Gasteiger partial charge < -0.3 is 4.74 Å². The molecule has 1 nitrogen and oxygen atoms in total. The van der Waals surface area contributed by atoms with Crippen LogP contribution in [0, 0.1) is 0 Å². The van der Waals surface area contributed by atoms with Crippen molar-refractivity contribution in [3.05, 3.63) is 0 Å². The lowest BCUT2D eigenvalue weighted by Gasteiger charge is -2.41. The Bertz CT molecular complexity index is 143. The van der Waals surface area contributed by atoms with E-state index in [9.17, 15) is 0 Å². The van der Waals surface area contributed by atoms with Gasteiger partial charge >= 0.3 is 0 Å². The van der Waals surface area contributed by atoms with Gasteiger partial charge in [0, 0.05) is 0 Å². The van der Waals surface area contributed by atoms with Gasteiger partial charge in [0.15, 0.2) is 0 Å². The summed E-state index contributed by atoms with van der Waals surface area (Å²) in [6.07, 6.45) is 0. The lowest BCUT2D eigenvalue weighted by Crippen LogP contribution is -2.50. The molecule has 1 heterocycles. The fourth-order valence-corrected chi connectivity index (χ4v) is 10.4. The second kappa shape index (κ2) is 3.74. The molecule has 1 unspecified atom stereocenters. The summed E-state index contributed by atoms with van der Waals surface area (Å²) in [5.41, 5.74) is 3.20. The normalized spacial score (nSPS) is 23.3. The summed E-state index contributed by atoms with van der Waals surface area (Å²) < 4.78 is 5.62. The Morgan fingerprint density at radius 1 is 0.923 bits per heavy atom. The Balaban J connectivity index is 2.92. The molecule has 0 aliphatic carbocycles. The molecule has 1 fully saturated rings. The number of rotatable bonds is 4. The van der Waals surface area contributed by atoms with Crippen molar-refractivity contribution in [2.45, 2.75) is 63.9 Å². The average molecular weight is 200 g/mol. The molecule has 0 N–H and O–H groups in total. The van der Waals surface area contributed by atoms with Gasteiger partial charge in [0.2, 0.25) is 0 Å². The summed E-state index contributed by atoms with van der Waals surface area (Å²) >= 11 is 0. The molecule has 0 aromatic heterocycles. The molecule has 0 bridgehead atoms. The predicted octanol–water partition coefficient (Wildman–Crippen LogP) is 3.60. The van der Waals surface area contributed by atoms with Crippen molar-refractivity contribution in [3.8, 4) is 0 Å². The Kier molecular flexibility index (Phi) is 3.23. The summed E-state index contributed by atoms with van der Waals surface area (Å²) in [7, 11) is -1.22. The second-order valence-corrected chi connectivity index (χ2v) is 11.4. The molecule has 1 saturated heterocycles. The van der Waals surface area contributed by atoms with E-state index in [-0.39, 0.29) is 0 Å². The highest BCUT2D eigenvalue weighted by Gasteiger charge is 2.54. The molecule has 1 atom stereocenters. The van der Waals surface area contributed by atoms with Gasteiger partial charge in [-0.1, -0.05) is 41.5 Å². The summed E-state index contributed by atoms with van der Waals surface area (Å²) in [6.45, 7) is 15.4. The van der Waals surface area contributed by atoms with Gasteiger partial charge in [0.05, 0.1) is 20.4 Å². The third-order valence-electron chi connectivity index (χ3n) is 3.89. The van der Waals surface area contributed by atoms with Crippen LogP contribution in [0.25, 0.3) is 0 Å². The van der Waals surface area contributed by atoms with Crippen molar-refractivity contribution in [2.24, 2.45) is 0 Å². The molecule has 0 aromatic carbocycles. The molecular formula is C11H24OSi. The number of hydrogen-bond donors (Lipinski definition) is 0. The maximum atomic E-state index is 5.62. The smallest absolute Gasteiger partial charge is 0.0982 e. The van der Waals surface area contributed by atoms with Crippen molar-refractivity contribution in [1.82, 2.24) is 0 Å². The molecule has 0 spiro atoms. The van der Waals surface area contributed by atoms with E-state index in [0.717, 1.165) is 23.2 Å². The predicted molar refractivity (Wildman–Crippen MR) is 60.8 cm³/mol. The quantitative estimate of drug-likeness (QED) is 0.499. The van der Waals surface area contributed by atoms with Crippen LogP contribution in [-0.2, 0) is 4.74 Å². The summed E-state index contributed by atoms with van der Waals surface area (Å²) in [5, 5.41) is 0. The van der Waals surface area contributed by atoms with Gasteiger partial charge in [-0.2, -0.15) is 0 Å². The van der Waals surface area contributed by atoms with Crippen LogP contribution < -0.4 is 0 Å². The van der Waals surface area contributed by atoms with Gasteiger partial charge in [-0.25, -0.2) is 0 Å². The van der Waals surface area contributed by atoms with Crippen LogP contribution in [0.2, 0.25) is 16.6 Å². The summed E-state index contributed by atoms with van der Waals surface area (Å²) in [5.74, 6) is 0. The molecule has 0 saturated carbocycles. The van der Waals surface area contributed by atoms with Crippen LogP contribution >= 0.6 is 0 Å². The highest BCUT2D eigenvalue weighted by atomic mass is 28.3. The van der Waals surface area contributed by atoms with Crippen LogP contribution in [0.3, 0.4) is 0 Å². The standard InChI is InChI=1S/C11H24OSi/c1-8(2)13(9(3)4,10(5)6)11-7-12-11/h8-11H,7H2,1-6H3. The zero-order chi connectivity index (χ0) is 10.2. The van der Waals surface area contributed by atoms with Crippen LogP contribution in [0.15, 0.2) is 0 Å². The molecule has 0 aromatic rings. The van der Waals surface area contributed by atoms with E-state index < -0.39 is 8.07 Å². The molecule has 1 aliphatic heterocycles. The topological polar surface area (TPSA) is 12.5 Å². The largest absolute Gasteiger partial charge is 0.377 e. The van der Waals surface area contributed by atoms with Crippen molar-refractivity contribution in [3.63, 3.8) is 0 Å². The van der Waals surface area contributed by atoms with E-state index in [1.54, 1.807) is 0 Å². The van der Waals surface area contributed by atoms with Crippen molar-refractivity contribution >= 4 is 8.07 Å². The molecule has 1 aliphatic rings. The van der Waals surface area contributed by atoms with Crippen molar-refractivity contribution < 1.29 is 4.74 Å².